The lowest BCUT2D eigenvalue weighted by atomic mass is 10.1. The van der Waals surface area contributed by atoms with Crippen LogP contribution in [0.4, 0.5) is 8.78 Å². The van der Waals surface area contributed by atoms with Crippen molar-refractivity contribution >= 4 is 15.9 Å². The molecular formula is C13H11BrF2N2O. The van der Waals surface area contributed by atoms with Crippen LogP contribution in [0.5, 0.6) is 0 Å². The van der Waals surface area contributed by atoms with Gasteiger partial charge in [-0.2, -0.15) is 0 Å². The summed E-state index contributed by atoms with van der Waals surface area (Å²) in [5, 5.41) is 0. The van der Waals surface area contributed by atoms with Crippen LogP contribution in [0.1, 0.15) is 25.5 Å². The number of hydrogen-bond donors (Lipinski definition) is 1. The van der Waals surface area contributed by atoms with Gasteiger partial charge in [0, 0.05) is 11.6 Å². The van der Waals surface area contributed by atoms with Gasteiger partial charge in [-0.05, 0) is 34.0 Å². The van der Waals surface area contributed by atoms with Crippen molar-refractivity contribution in [1.29, 1.82) is 0 Å². The minimum absolute atomic E-state index is 0.00818. The minimum atomic E-state index is -0.716. The topological polar surface area (TPSA) is 45.8 Å². The SMILES string of the molecule is CC(C)c1nc(-c2cc(F)cc(F)c2)[nH]c(=O)c1Br. The number of rotatable bonds is 2. The van der Waals surface area contributed by atoms with Gasteiger partial charge in [0.1, 0.15) is 21.9 Å². The molecule has 2 rings (SSSR count). The number of aromatic nitrogens is 2. The van der Waals surface area contributed by atoms with Gasteiger partial charge in [-0.25, -0.2) is 13.8 Å². The molecule has 1 aromatic carbocycles. The van der Waals surface area contributed by atoms with Crippen molar-refractivity contribution in [2.45, 2.75) is 19.8 Å². The van der Waals surface area contributed by atoms with Gasteiger partial charge in [-0.1, -0.05) is 13.8 Å². The largest absolute Gasteiger partial charge is 0.306 e. The van der Waals surface area contributed by atoms with Gasteiger partial charge in [0.2, 0.25) is 0 Å². The lowest BCUT2D eigenvalue weighted by molar-refractivity contribution is 0.584. The molecule has 0 atom stereocenters. The predicted molar refractivity (Wildman–Crippen MR) is 72.0 cm³/mol. The summed E-state index contributed by atoms with van der Waals surface area (Å²) in [6, 6.07) is 3.02. The first-order valence-electron chi connectivity index (χ1n) is 5.64. The third-order valence-corrected chi connectivity index (χ3v) is 3.34. The Bertz CT molecular complexity index is 663. The Morgan fingerprint density at radius 2 is 1.79 bits per heavy atom. The van der Waals surface area contributed by atoms with E-state index >= 15 is 0 Å². The van der Waals surface area contributed by atoms with E-state index in [2.05, 4.69) is 25.9 Å². The van der Waals surface area contributed by atoms with Crippen molar-refractivity contribution in [1.82, 2.24) is 9.97 Å². The first-order chi connectivity index (χ1) is 8.88. The van der Waals surface area contributed by atoms with E-state index in [1.54, 1.807) is 0 Å². The van der Waals surface area contributed by atoms with Gasteiger partial charge in [0.25, 0.3) is 5.56 Å². The summed E-state index contributed by atoms with van der Waals surface area (Å²) >= 11 is 3.16. The van der Waals surface area contributed by atoms with Gasteiger partial charge >= 0.3 is 0 Å². The zero-order chi connectivity index (χ0) is 14.2. The highest BCUT2D eigenvalue weighted by atomic mass is 79.9. The Morgan fingerprint density at radius 1 is 1.21 bits per heavy atom. The van der Waals surface area contributed by atoms with Crippen LogP contribution in [0.25, 0.3) is 11.4 Å². The van der Waals surface area contributed by atoms with Crippen LogP contribution < -0.4 is 5.56 Å². The number of benzene rings is 1. The maximum absolute atomic E-state index is 13.2. The molecule has 6 heteroatoms. The molecule has 0 amide bonds. The highest BCUT2D eigenvalue weighted by molar-refractivity contribution is 9.10. The molecule has 2 aromatic rings. The molecule has 0 radical (unpaired) electrons. The Balaban J connectivity index is 2.66. The van der Waals surface area contributed by atoms with Gasteiger partial charge in [-0.3, -0.25) is 4.79 Å². The molecule has 0 aliphatic heterocycles. The standard InChI is InChI=1S/C13H11BrF2N2O/c1-6(2)11-10(14)13(19)18-12(17-11)7-3-8(15)5-9(16)4-7/h3-6H,1-2H3,(H,17,18,19). The van der Waals surface area contributed by atoms with E-state index in [9.17, 15) is 13.6 Å². The Hall–Kier alpha value is -1.56. The van der Waals surface area contributed by atoms with Crippen LogP contribution in [0.3, 0.4) is 0 Å². The fourth-order valence-electron chi connectivity index (χ4n) is 1.69. The first-order valence-corrected chi connectivity index (χ1v) is 6.44. The van der Waals surface area contributed by atoms with Crippen LogP contribution in [0.15, 0.2) is 27.5 Å². The highest BCUT2D eigenvalue weighted by Crippen LogP contribution is 2.23. The number of hydrogen-bond acceptors (Lipinski definition) is 2. The quantitative estimate of drug-likeness (QED) is 0.915. The molecule has 0 saturated carbocycles. The average molecular weight is 329 g/mol. The predicted octanol–water partition coefficient (Wildman–Crippen LogP) is 3.60. The van der Waals surface area contributed by atoms with Crippen molar-refractivity contribution in [3.63, 3.8) is 0 Å². The van der Waals surface area contributed by atoms with Gasteiger partial charge in [-0.15, -0.1) is 0 Å². The molecule has 0 fully saturated rings. The van der Waals surface area contributed by atoms with E-state index in [4.69, 9.17) is 0 Å². The summed E-state index contributed by atoms with van der Waals surface area (Å²) < 4.78 is 26.7. The highest BCUT2D eigenvalue weighted by Gasteiger charge is 2.14. The van der Waals surface area contributed by atoms with Crippen LogP contribution in [-0.4, -0.2) is 9.97 Å². The summed E-state index contributed by atoms with van der Waals surface area (Å²) in [7, 11) is 0. The normalized spacial score (nSPS) is 11.1. The molecule has 1 aromatic heterocycles. The second kappa shape index (κ2) is 5.21. The van der Waals surface area contributed by atoms with Crippen LogP contribution in [0, 0.1) is 11.6 Å². The molecule has 0 aliphatic rings. The molecule has 3 nitrogen and oxygen atoms in total. The molecule has 1 N–H and O–H groups in total. The molecule has 0 aliphatic carbocycles. The number of H-pyrrole nitrogens is 1. The molecule has 19 heavy (non-hydrogen) atoms. The second-order valence-electron chi connectivity index (χ2n) is 4.43. The number of aromatic amines is 1. The maximum Gasteiger partial charge on any atom is 0.265 e. The zero-order valence-corrected chi connectivity index (χ0v) is 11.9. The molecule has 0 unspecified atom stereocenters. The van der Waals surface area contributed by atoms with Crippen molar-refractivity contribution in [3.05, 3.63) is 50.4 Å². The third kappa shape index (κ3) is 2.89. The Kier molecular flexibility index (Phi) is 3.80. The molecule has 0 saturated heterocycles. The molecule has 0 bridgehead atoms. The van der Waals surface area contributed by atoms with Gasteiger partial charge < -0.3 is 4.98 Å². The van der Waals surface area contributed by atoms with E-state index in [0.29, 0.717) is 10.2 Å². The van der Waals surface area contributed by atoms with Gasteiger partial charge in [0.15, 0.2) is 0 Å². The number of nitrogens with zero attached hydrogens (tertiary/aromatic N) is 1. The van der Waals surface area contributed by atoms with E-state index in [1.807, 2.05) is 13.8 Å². The van der Waals surface area contributed by atoms with Crippen LogP contribution >= 0.6 is 15.9 Å². The summed E-state index contributed by atoms with van der Waals surface area (Å²) in [6.07, 6.45) is 0. The summed E-state index contributed by atoms with van der Waals surface area (Å²) in [5.74, 6) is -1.28. The van der Waals surface area contributed by atoms with Crippen molar-refractivity contribution in [3.8, 4) is 11.4 Å². The molecular weight excluding hydrogens is 318 g/mol. The Morgan fingerprint density at radius 3 is 2.32 bits per heavy atom. The van der Waals surface area contributed by atoms with E-state index < -0.39 is 11.6 Å². The molecule has 0 spiro atoms. The monoisotopic (exact) mass is 328 g/mol. The molecule has 1 heterocycles. The van der Waals surface area contributed by atoms with E-state index in [0.717, 1.165) is 18.2 Å². The summed E-state index contributed by atoms with van der Waals surface area (Å²) in [5.41, 5.74) is 0.366. The summed E-state index contributed by atoms with van der Waals surface area (Å²) in [6.45, 7) is 3.75. The van der Waals surface area contributed by atoms with E-state index in [-0.39, 0.29) is 22.9 Å². The summed E-state index contributed by atoms with van der Waals surface area (Å²) in [4.78, 5) is 18.5. The second-order valence-corrected chi connectivity index (χ2v) is 5.22. The van der Waals surface area contributed by atoms with Gasteiger partial charge in [0.05, 0.1) is 5.69 Å². The Labute approximate surface area is 116 Å². The van der Waals surface area contributed by atoms with Crippen molar-refractivity contribution in [2.75, 3.05) is 0 Å². The smallest absolute Gasteiger partial charge is 0.265 e. The lowest BCUT2D eigenvalue weighted by Gasteiger charge is -2.09. The number of nitrogens with one attached hydrogen (secondary N) is 1. The van der Waals surface area contributed by atoms with E-state index in [1.165, 1.54) is 0 Å². The van der Waals surface area contributed by atoms with Crippen molar-refractivity contribution < 1.29 is 8.78 Å². The van der Waals surface area contributed by atoms with Crippen LogP contribution in [0.2, 0.25) is 0 Å². The first kappa shape index (κ1) is 13.9. The van der Waals surface area contributed by atoms with Crippen molar-refractivity contribution in [2.24, 2.45) is 0 Å². The average Bonchev–Trinajstić information content (AvgIpc) is 2.30. The zero-order valence-electron chi connectivity index (χ0n) is 10.3. The fourth-order valence-corrected chi connectivity index (χ4v) is 2.33. The third-order valence-electron chi connectivity index (χ3n) is 2.57. The fraction of sp³-hybridized carbons (Fsp3) is 0.231. The maximum atomic E-state index is 13.2. The lowest BCUT2D eigenvalue weighted by Crippen LogP contribution is -2.14. The number of halogens is 3. The van der Waals surface area contributed by atoms with Crippen LogP contribution in [-0.2, 0) is 0 Å². The minimum Gasteiger partial charge on any atom is -0.306 e. The molecule has 100 valence electrons.